The molecule has 0 aliphatic carbocycles. The lowest BCUT2D eigenvalue weighted by Crippen LogP contribution is -2.36. The Kier molecular flexibility index (Phi) is 6.80. The molecule has 27 heavy (non-hydrogen) atoms. The molecule has 0 aromatic heterocycles. The highest BCUT2D eigenvalue weighted by atomic mass is 35.5. The van der Waals surface area contributed by atoms with E-state index in [1.54, 1.807) is 0 Å². The molecule has 0 radical (unpaired) electrons. The third-order valence-corrected chi connectivity index (χ3v) is 3.62. The maximum Gasteiger partial charge on any atom is 0.292 e. The molecule has 0 spiro atoms. The van der Waals surface area contributed by atoms with Crippen LogP contribution >= 0.6 is 11.6 Å². The summed E-state index contributed by atoms with van der Waals surface area (Å²) in [5.41, 5.74) is 0.111. The zero-order valence-corrected chi connectivity index (χ0v) is 15.0. The number of nitrogens with one attached hydrogen (secondary N) is 2. The molecular weight excluding hydrogens is 379 g/mol. The number of nitro groups is 1. The van der Waals surface area contributed by atoms with Gasteiger partial charge in [0.1, 0.15) is 11.5 Å². The Hall–Kier alpha value is -3.04. The summed E-state index contributed by atoms with van der Waals surface area (Å²) in [6.07, 6.45) is 0. The molecule has 2 N–H and O–H groups in total. The van der Waals surface area contributed by atoms with Crippen molar-refractivity contribution in [1.29, 1.82) is 0 Å². The van der Waals surface area contributed by atoms with Gasteiger partial charge in [-0.25, -0.2) is 4.39 Å². The Morgan fingerprint density at radius 2 is 1.70 bits per heavy atom. The molecule has 2 aromatic carbocycles. The van der Waals surface area contributed by atoms with Gasteiger partial charge in [-0.1, -0.05) is 11.6 Å². The quantitative estimate of drug-likeness (QED) is 0.555. The van der Waals surface area contributed by atoms with Crippen LogP contribution in [-0.4, -0.2) is 41.8 Å². The first-order chi connectivity index (χ1) is 12.7. The molecule has 0 aliphatic heterocycles. The van der Waals surface area contributed by atoms with Crippen LogP contribution in [-0.2, 0) is 9.59 Å². The highest BCUT2D eigenvalue weighted by Crippen LogP contribution is 2.27. The zero-order chi connectivity index (χ0) is 20.0. The van der Waals surface area contributed by atoms with E-state index >= 15 is 0 Å². The molecule has 2 aromatic rings. The third-order valence-electron chi connectivity index (χ3n) is 3.38. The van der Waals surface area contributed by atoms with Crippen LogP contribution in [0, 0.1) is 15.9 Å². The van der Waals surface area contributed by atoms with Gasteiger partial charge >= 0.3 is 0 Å². The van der Waals surface area contributed by atoms with Gasteiger partial charge in [0, 0.05) is 16.8 Å². The second-order valence-corrected chi connectivity index (χ2v) is 6.13. The van der Waals surface area contributed by atoms with Crippen molar-refractivity contribution in [3.05, 3.63) is 63.4 Å². The maximum absolute atomic E-state index is 12.8. The minimum Gasteiger partial charge on any atom is -0.325 e. The molecule has 0 aliphatic rings. The van der Waals surface area contributed by atoms with Crippen molar-refractivity contribution in [1.82, 2.24) is 4.90 Å². The number of benzene rings is 2. The van der Waals surface area contributed by atoms with Crippen molar-refractivity contribution in [3.63, 3.8) is 0 Å². The summed E-state index contributed by atoms with van der Waals surface area (Å²) in [6, 6.07) is 9.07. The number of hydrogen-bond donors (Lipinski definition) is 2. The fourth-order valence-electron chi connectivity index (χ4n) is 2.24. The molecule has 0 atom stereocenters. The van der Waals surface area contributed by atoms with Crippen molar-refractivity contribution in [2.75, 3.05) is 30.8 Å². The van der Waals surface area contributed by atoms with Gasteiger partial charge in [-0.2, -0.15) is 0 Å². The van der Waals surface area contributed by atoms with Gasteiger partial charge < -0.3 is 10.6 Å². The normalized spacial score (nSPS) is 10.5. The second-order valence-electron chi connectivity index (χ2n) is 5.69. The fraction of sp³-hybridized carbons (Fsp3) is 0.176. The summed E-state index contributed by atoms with van der Waals surface area (Å²) in [4.78, 5) is 35.8. The van der Waals surface area contributed by atoms with Crippen LogP contribution in [0.4, 0.5) is 21.5 Å². The molecule has 0 fully saturated rings. The Bertz CT molecular complexity index is 861. The lowest BCUT2D eigenvalue weighted by Gasteiger charge is -2.16. The predicted octanol–water partition coefficient (Wildman–Crippen LogP) is 2.90. The topological polar surface area (TPSA) is 105 Å². The van der Waals surface area contributed by atoms with Crippen LogP contribution in [0.2, 0.25) is 5.02 Å². The Morgan fingerprint density at radius 3 is 2.30 bits per heavy atom. The van der Waals surface area contributed by atoms with Crippen molar-refractivity contribution in [2.45, 2.75) is 0 Å². The molecule has 0 unspecified atom stereocenters. The molecular formula is C17H16ClFN4O4. The summed E-state index contributed by atoms with van der Waals surface area (Å²) in [5.74, 6) is -1.36. The minimum atomic E-state index is -0.633. The molecule has 10 heteroatoms. The van der Waals surface area contributed by atoms with Crippen LogP contribution in [0.5, 0.6) is 0 Å². The summed E-state index contributed by atoms with van der Waals surface area (Å²) < 4.78 is 12.8. The molecule has 0 saturated heterocycles. The number of hydrogen-bond acceptors (Lipinski definition) is 5. The highest BCUT2D eigenvalue weighted by Gasteiger charge is 2.18. The number of anilines is 2. The number of carbonyl (C=O) groups excluding carboxylic acids is 2. The first-order valence-electron chi connectivity index (χ1n) is 7.72. The van der Waals surface area contributed by atoms with E-state index in [0.29, 0.717) is 5.69 Å². The van der Waals surface area contributed by atoms with Crippen LogP contribution in [0.25, 0.3) is 0 Å². The van der Waals surface area contributed by atoms with Crippen molar-refractivity contribution in [2.24, 2.45) is 0 Å². The average molecular weight is 395 g/mol. The summed E-state index contributed by atoms with van der Waals surface area (Å²) in [5, 5.41) is 16.2. The van der Waals surface area contributed by atoms with Crippen LogP contribution in [0.3, 0.4) is 0 Å². The first kappa shape index (κ1) is 20.3. The molecule has 0 heterocycles. The average Bonchev–Trinajstić information content (AvgIpc) is 2.56. The molecule has 2 rings (SSSR count). The van der Waals surface area contributed by atoms with Crippen molar-refractivity contribution >= 4 is 40.5 Å². The number of halogens is 2. The van der Waals surface area contributed by atoms with Crippen LogP contribution < -0.4 is 10.6 Å². The van der Waals surface area contributed by atoms with Crippen molar-refractivity contribution < 1.29 is 18.9 Å². The molecule has 0 bridgehead atoms. The maximum atomic E-state index is 12.8. The Labute approximate surface area is 159 Å². The number of likely N-dealkylation sites (N-methyl/N-ethyl adjacent to an activating group) is 1. The van der Waals surface area contributed by atoms with Crippen LogP contribution in [0.15, 0.2) is 42.5 Å². The number of nitrogens with zero attached hydrogens (tertiary/aromatic N) is 2. The van der Waals surface area contributed by atoms with Gasteiger partial charge in [0.2, 0.25) is 11.8 Å². The smallest absolute Gasteiger partial charge is 0.292 e. The van der Waals surface area contributed by atoms with E-state index in [1.807, 2.05) is 0 Å². The van der Waals surface area contributed by atoms with Gasteiger partial charge in [-0.05, 0) is 43.4 Å². The molecule has 142 valence electrons. The van der Waals surface area contributed by atoms with Crippen LogP contribution in [0.1, 0.15) is 0 Å². The van der Waals surface area contributed by atoms with Gasteiger partial charge in [-0.3, -0.25) is 24.6 Å². The minimum absolute atomic E-state index is 0.0262. The second kappa shape index (κ2) is 9.06. The lowest BCUT2D eigenvalue weighted by atomic mass is 10.2. The third kappa shape index (κ3) is 6.32. The first-order valence-corrected chi connectivity index (χ1v) is 8.10. The number of nitro benzene ring substituents is 1. The zero-order valence-electron chi connectivity index (χ0n) is 14.2. The lowest BCUT2D eigenvalue weighted by molar-refractivity contribution is -0.383. The van der Waals surface area contributed by atoms with E-state index in [0.717, 1.165) is 0 Å². The number of amides is 2. The van der Waals surface area contributed by atoms with E-state index in [2.05, 4.69) is 10.6 Å². The van der Waals surface area contributed by atoms with E-state index in [9.17, 15) is 24.1 Å². The number of rotatable bonds is 7. The van der Waals surface area contributed by atoms with E-state index in [4.69, 9.17) is 11.6 Å². The Morgan fingerprint density at radius 1 is 1.11 bits per heavy atom. The molecule has 8 nitrogen and oxygen atoms in total. The molecule has 2 amide bonds. The van der Waals surface area contributed by atoms with Gasteiger partial charge in [0.05, 0.1) is 18.0 Å². The number of carbonyl (C=O) groups is 2. The van der Waals surface area contributed by atoms with Gasteiger partial charge in [0.25, 0.3) is 5.69 Å². The summed E-state index contributed by atoms with van der Waals surface area (Å²) in [7, 11) is 1.54. The highest BCUT2D eigenvalue weighted by molar-refractivity contribution is 6.31. The van der Waals surface area contributed by atoms with E-state index in [-0.39, 0.29) is 29.5 Å². The summed E-state index contributed by atoms with van der Waals surface area (Å²) >= 11 is 5.81. The van der Waals surface area contributed by atoms with Gasteiger partial charge in [0.15, 0.2) is 0 Å². The van der Waals surface area contributed by atoms with E-state index in [1.165, 1.54) is 54.4 Å². The predicted molar refractivity (Wildman–Crippen MR) is 99.3 cm³/mol. The monoisotopic (exact) mass is 394 g/mol. The standard InChI is InChI=1S/C17H16ClFN4O4/c1-22(9-16(24)20-13-5-3-12(19)4-6-13)10-17(25)21-14-8-11(18)2-7-15(14)23(26)27/h2-8H,9-10H2,1H3,(H,20,24)(H,21,25). The van der Waals surface area contributed by atoms with Crippen molar-refractivity contribution in [3.8, 4) is 0 Å². The molecule has 0 saturated carbocycles. The van der Waals surface area contributed by atoms with E-state index < -0.39 is 22.6 Å². The SMILES string of the molecule is CN(CC(=O)Nc1ccc(F)cc1)CC(=O)Nc1cc(Cl)ccc1[N+](=O)[O-]. The summed E-state index contributed by atoms with van der Waals surface area (Å²) in [6.45, 7) is -0.289. The van der Waals surface area contributed by atoms with Gasteiger partial charge in [-0.15, -0.1) is 0 Å². The fourth-order valence-corrected chi connectivity index (χ4v) is 2.41. The largest absolute Gasteiger partial charge is 0.325 e. The Balaban J connectivity index is 1.90.